The van der Waals surface area contributed by atoms with Gasteiger partial charge in [-0.2, -0.15) is 0 Å². The molecular weight excluding hydrogens is 180 g/mol. The third kappa shape index (κ3) is 1.55. The molecule has 2 aromatic heterocycles. The molecule has 0 unspecified atom stereocenters. The molecule has 0 spiro atoms. The van der Waals surface area contributed by atoms with Crippen LogP contribution in [-0.4, -0.2) is 4.98 Å². The molecule has 0 aliphatic carbocycles. The maximum atomic E-state index is 5.78. The number of rotatable bonds is 1. The van der Waals surface area contributed by atoms with E-state index in [0.717, 1.165) is 16.3 Å². The number of thiophene rings is 1. The molecule has 2 rings (SSSR count). The van der Waals surface area contributed by atoms with Gasteiger partial charge >= 0.3 is 0 Å². The summed E-state index contributed by atoms with van der Waals surface area (Å²) in [5, 5.41) is 1.98. The molecule has 0 aliphatic heterocycles. The zero-order valence-corrected chi connectivity index (χ0v) is 8.14. The third-order valence-electron chi connectivity index (χ3n) is 1.84. The Labute approximate surface area is 81.1 Å². The number of aromatic nitrogens is 1. The topological polar surface area (TPSA) is 38.9 Å². The van der Waals surface area contributed by atoms with Gasteiger partial charge in [0.15, 0.2) is 0 Å². The summed E-state index contributed by atoms with van der Waals surface area (Å²) in [5.74, 6) is 0. The maximum Gasteiger partial charge on any atom is 0.0822 e. The van der Waals surface area contributed by atoms with E-state index in [4.69, 9.17) is 5.73 Å². The first-order chi connectivity index (χ1) is 6.27. The van der Waals surface area contributed by atoms with Crippen molar-refractivity contribution < 1.29 is 0 Å². The van der Waals surface area contributed by atoms with E-state index in [0.29, 0.717) is 0 Å². The van der Waals surface area contributed by atoms with Crippen LogP contribution in [0.1, 0.15) is 5.56 Å². The van der Waals surface area contributed by atoms with Crippen molar-refractivity contribution in [2.24, 2.45) is 0 Å². The standard InChI is InChI=1S/C10H10N2S/c1-7-2-3-9(12-6-7)10-8(11)4-5-13-10/h2-6H,11H2,1H3. The third-order valence-corrected chi connectivity index (χ3v) is 2.79. The molecule has 0 atom stereocenters. The van der Waals surface area contributed by atoms with E-state index in [1.54, 1.807) is 11.3 Å². The van der Waals surface area contributed by atoms with Crippen LogP contribution in [0.2, 0.25) is 0 Å². The summed E-state index contributed by atoms with van der Waals surface area (Å²) in [7, 11) is 0. The predicted molar refractivity (Wildman–Crippen MR) is 56.7 cm³/mol. The molecule has 13 heavy (non-hydrogen) atoms. The summed E-state index contributed by atoms with van der Waals surface area (Å²) in [6.07, 6.45) is 1.86. The fraction of sp³-hybridized carbons (Fsp3) is 0.100. The van der Waals surface area contributed by atoms with Crippen LogP contribution in [0.5, 0.6) is 0 Å². The predicted octanol–water partition coefficient (Wildman–Crippen LogP) is 2.70. The van der Waals surface area contributed by atoms with Crippen LogP contribution in [-0.2, 0) is 0 Å². The first-order valence-corrected chi connectivity index (χ1v) is 4.91. The highest BCUT2D eigenvalue weighted by molar-refractivity contribution is 7.14. The molecule has 0 fully saturated rings. The summed E-state index contributed by atoms with van der Waals surface area (Å²) < 4.78 is 0. The van der Waals surface area contributed by atoms with Gasteiger partial charge in [-0.1, -0.05) is 6.07 Å². The Hall–Kier alpha value is -1.35. The Morgan fingerprint density at radius 3 is 2.69 bits per heavy atom. The number of aryl methyl sites for hydroxylation is 1. The lowest BCUT2D eigenvalue weighted by atomic mass is 10.2. The van der Waals surface area contributed by atoms with Crippen LogP contribution in [0.3, 0.4) is 0 Å². The Balaban J connectivity index is 2.47. The summed E-state index contributed by atoms with van der Waals surface area (Å²) in [6.45, 7) is 2.02. The smallest absolute Gasteiger partial charge is 0.0822 e. The van der Waals surface area contributed by atoms with E-state index in [-0.39, 0.29) is 0 Å². The van der Waals surface area contributed by atoms with Crippen molar-refractivity contribution in [1.29, 1.82) is 0 Å². The largest absolute Gasteiger partial charge is 0.397 e. The van der Waals surface area contributed by atoms with Gasteiger partial charge in [0, 0.05) is 6.20 Å². The highest BCUT2D eigenvalue weighted by Crippen LogP contribution is 2.29. The van der Waals surface area contributed by atoms with Crippen molar-refractivity contribution in [3.8, 4) is 10.6 Å². The van der Waals surface area contributed by atoms with Gasteiger partial charge in [0.05, 0.1) is 16.3 Å². The molecule has 2 aromatic rings. The molecule has 0 radical (unpaired) electrons. The molecule has 0 aliphatic rings. The quantitative estimate of drug-likeness (QED) is 0.751. The van der Waals surface area contributed by atoms with E-state index < -0.39 is 0 Å². The van der Waals surface area contributed by atoms with Crippen LogP contribution in [0.4, 0.5) is 5.69 Å². The normalized spacial score (nSPS) is 10.2. The molecule has 3 heteroatoms. The van der Waals surface area contributed by atoms with Crippen LogP contribution in [0.15, 0.2) is 29.8 Å². The number of pyridine rings is 1. The lowest BCUT2D eigenvalue weighted by Gasteiger charge is -1.98. The van der Waals surface area contributed by atoms with E-state index in [1.165, 1.54) is 5.56 Å². The van der Waals surface area contributed by atoms with Crippen molar-refractivity contribution >= 4 is 17.0 Å². The molecule has 2 N–H and O–H groups in total. The van der Waals surface area contributed by atoms with Crippen molar-refractivity contribution in [2.75, 3.05) is 5.73 Å². The Morgan fingerprint density at radius 2 is 2.15 bits per heavy atom. The highest BCUT2D eigenvalue weighted by atomic mass is 32.1. The van der Waals surface area contributed by atoms with E-state index >= 15 is 0 Å². The molecule has 2 heterocycles. The van der Waals surface area contributed by atoms with Gasteiger partial charge in [-0.25, -0.2) is 0 Å². The molecule has 66 valence electrons. The van der Waals surface area contributed by atoms with Gasteiger partial charge in [0.2, 0.25) is 0 Å². The number of nitrogen functional groups attached to an aromatic ring is 1. The lowest BCUT2D eigenvalue weighted by Crippen LogP contribution is -1.86. The Morgan fingerprint density at radius 1 is 1.31 bits per heavy atom. The second-order valence-electron chi connectivity index (χ2n) is 2.93. The van der Waals surface area contributed by atoms with E-state index in [2.05, 4.69) is 4.98 Å². The van der Waals surface area contributed by atoms with Crippen LogP contribution in [0.25, 0.3) is 10.6 Å². The van der Waals surface area contributed by atoms with E-state index in [1.807, 2.05) is 36.7 Å². The minimum absolute atomic E-state index is 0.807. The molecule has 2 nitrogen and oxygen atoms in total. The van der Waals surface area contributed by atoms with Crippen molar-refractivity contribution in [3.63, 3.8) is 0 Å². The number of hydrogen-bond donors (Lipinski definition) is 1. The average molecular weight is 190 g/mol. The van der Waals surface area contributed by atoms with Crippen molar-refractivity contribution in [3.05, 3.63) is 35.3 Å². The molecular formula is C10H10N2S. The maximum absolute atomic E-state index is 5.78. The van der Waals surface area contributed by atoms with Gasteiger partial charge in [0.1, 0.15) is 0 Å². The Bertz CT molecular complexity index is 403. The van der Waals surface area contributed by atoms with Gasteiger partial charge < -0.3 is 5.73 Å². The minimum Gasteiger partial charge on any atom is -0.397 e. The number of nitrogens with two attached hydrogens (primary N) is 1. The lowest BCUT2D eigenvalue weighted by molar-refractivity contribution is 1.28. The number of nitrogens with zero attached hydrogens (tertiary/aromatic N) is 1. The second kappa shape index (κ2) is 3.18. The fourth-order valence-electron chi connectivity index (χ4n) is 1.13. The molecule has 0 bridgehead atoms. The number of hydrogen-bond acceptors (Lipinski definition) is 3. The fourth-order valence-corrected chi connectivity index (χ4v) is 1.93. The Kier molecular flexibility index (Phi) is 2.02. The first kappa shape index (κ1) is 8.26. The number of anilines is 1. The molecule has 0 amide bonds. The van der Waals surface area contributed by atoms with Crippen LogP contribution < -0.4 is 5.73 Å². The van der Waals surface area contributed by atoms with Crippen LogP contribution >= 0.6 is 11.3 Å². The van der Waals surface area contributed by atoms with Crippen molar-refractivity contribution in [2.45, 2.75) is 6.92 Å². The first-order valence-electron chi connectivity index (χ1n) is 4.03. The zero-order valence-electron chi connectivity index (χ0n) is 7.32. The van der Waals surface area contributed by atoms with Crippen LogP contribution in [0, 0.1) is 6.92 Å². The summed E-state index contributed by atoms with van der Waals surface area (Å²) in [6, 6.07) is 5.94. The molecule has 0 saturated carbocycles. The van der Waals surface area contributed by atoms with Gasteiger partial charge in [0.25, 0.3) is 0 Å². The average Bonchev–Trinajstić information content (AvgIpc) is 2.53. The van der Waals surface area contributed by atoms with Gasteiger partial charge in [-0.05, 0) is 30.0 Å². The monoisotopic (exact) mass is 190 g/mol. The molecule has 0 aromatic carbocycles. The summed E-state index contributed by atoms with van der Waals surface area (Å²) >= 11 is 1.62. The highest BCUT2D eigenvalue weighted by Gasteiger charge is 2.03. The summed E-state index contributed by atoms with van der Waals surface area (Å²) in [4.78, 5) is 5.37. The SMILES string of the molecule is Cc1ccc(-c2sccc2N)nc1. The van der Waals surface area contributed by atoms with Gasteiger partial charge in [-0.3, -0.25) is 4.98 Å². The van der Waals surface area contributed by atoms with Gasteiger partial charge in [-0.15, -0.1) is 11.3 Å². The second-order valence-corrected chi connectivity index (χ2v) is 3.84. The summed E-state index contributed by atoms with van der Waals surface area (Å²) in [5.41, 5.74) is 8.71. The minimum atomic E-state index is 0.807. The van der Waals surface area contributed by atoms with E-state index in [9.17, 15) is 0 Å². The van der Waals surface area contributed by atoms with Crippen molar-refractivity contribution in [1.82, 2.24) is 4.98 Å². The molecule has 0 saturated heterocycles. The zero-order chi connectivity index (χ0) is 9.26.